The van der Waals surface area contributed by atoms with E-state index in [1.165, 1.54) is 25.7 Å². The van der Waals surface area contributed by atoms with Crippen molar-refractivity contribution in [3.8, 4) is 0 Å². The van der Waals surface area contributed by atoms with Crippen molar-refractivity contribution < 1.29 is 4.39 Å². The fourth-order valence-electron chi connectivity index (χ4n) is 2.89. The van der Waals surface area contributed by atoms with Crippen molar-refractivity contribution in [2.75, 3.05) is 11.9 Å². The molecule has 0 unspecified atom stereocenters. The Bertz CT molecular complexity index is 445. The van der Waals surface area contributed by atoms with Gasteiger partial charge >= 0.3 is 0 Å². The Hall–Kier alpha value is -1.09. The summed E-state index contributed by atoms with van der Waals surface area (Å²) in [6.45, 7) is 6.89. The summed E-state index contributed by atoms with van der Waals surface area (Å²) in [6.07, 6.45) is 5.03. The second-order valence-corrected chi connectivity index (χ2v) is 6.89. The zero-order chi connectivity index (χ0) is 14.8. The van der Waals surface area contributed by atoms with E-state index in [4.69, 9.17) is 0 Å². The molecule has 0 spiro atoms. The molecule has 1 aromatic rings. The van der Waals surface area contributed by atoms with Gasteiger partial charge in [0.15, 0.2) is 0 Å². The minimum Gasteiger partial charge on any atom is -0.371 e. The fourth-order valence-corrected chi connectivity index (χ4v) is 2.89. The number of nitrogens with one attached hydrogen (secondary N) is 1. The predicted molar refractivity (Wildman–Crippen MR) is 83.7 cm³/mol. The Morgan fingerprint density at radius 3 is 2.50 bits per heavy atom. The van der Waals surface area contributed by atoms with Gasteiger partial charge < -0.3 is 10.2 Å². The monoisotopic (exact) mass is 278 g/mol. The Labute approximate surface area is 122 Å². The summed E-state index contributed by atoms with van der Waals surface area (Å²) in [5.74, 6) is -0.107. The van der Waals surface area contributed by atoms with Gasteiger partial charge in [0.05, 0.1) is 0 Å². The first-order chi connectivity index (χ1) is 9.38. The van der Waals surface area contributed by atoms with Crippen LogP contribution in [0.4, 0.5) is 10.1 Å². The largest absolute Gasteiger partial charge is 0.371 e. The molecule has 1 aliphatic carbocycles. The van der Waals surface area contributed by atoms with Crippen LogP contribution in [0.3, 0.4) is 0 Å². The third-order valence-corrected chi connectivity index (χ3v) is 4.14. The first kappa shape index (κ1) is 15.3. The minimum atomic E-state index is -0.107. The molecule has 1 N–H and O–H groups in total. The molecule has 0 atom stereocenters. The maximum Gasteiger partial charge on any atom is 0.129 e. The van der Waals surface area contributed by atoms with Crippen molar-refractivity contribution in [1.29, 1.82) is 0 Å². The topological polar surface area (TPSA) is 15.3 Å². The molecule has 0 aliphatic heterocycles. The van der Waals surface area contributed by atoms with E-state index < -0.39 is 0 Å². The van der Waals surface area contributed by atoms with Gasteiger partial charge in [-0.2, -0.15) is 0 Å². The van der Waals surface area contributed by atoms with Crippen LogP contribution in [0.1, 0.15) is 52.0 Å². The Morgan fingerprint density at radius 2 is 1.90 bits per heavy atom. The number of hydrogen-bond donors (Lipinski definition) is 1. The summed E-state index contributed by atoms with van der Waals surface area (Å²) >= 11 is 0. The zero-order valence-electron chi connectivity index (χ0n) is 13.2. The third kappa shape index (κ3) is 3.72. The second kappa shape index (κ2) is 6.13. The average molecular weight is 278 g/mol. The normalized spacial score (nSPS) is 16.6. The maximum absolute atomic E-state index is 14.2. The molecule has 0 bridgehead atoms. The van der Waals surface area contributed by atoms with Crippen LogP contribution in [0.2, 0.25) is 0 Å². The summed E-state index contributed by atoms with van der Waals surface area (Å²) < 4.78 is 14.2. The Balaban J connectivity index is 2.21. The smallest absolute Gasteiger partial charge is 0.129 e. The van der Waals surface area contributed by atoms with Crippen LogP contribution in [0.5, 0.6) is 0 Å². The lowest BCUT2D eigenvalue weighted by molar-refractivity contribution is 0.418. The molecular weight excluding hydrogens is 251 g/mol. The van der Waals surface area contributed by atoms with Gasteiger partial charge in [0.2, 0.25) is 0 Å². The van der Waals surface area contributed by atoms with Gasteiger partial charge in [-0.25, -0.2) is 4.39 Å². The zero-order valence-corrected chi connectivity index (χ0v) is 13.2. The van der Waals surface area contributed by atoms with E-state index in [9.17, 15) is 4.39 Å². The minimum absolute atomic E-state index is 0.00845. The molecular formula is C17H27FN2. The number of anilines is 1. The fraction of sp³-hybridized carbons (Fsp3) is 0.647. The van der Waals surface area contributed by atoms with Crippen molar-refractivity contribution in [3.05, 3.63) is 29.6 Å². The van der Waals surface area contributed by atoms with Crippen molar-refractivity contribution in [1.82, 2.24) is 5.32 Å². The molecule has 0 amide bonds. The van der Waals surface area contributed by atoms with E-state index in [-0.39, 0.29) is 11.4 Å². The second-order valence-electron chi connectivity index (χ2n) is 6.89. The van der Waals surface area contributed by atoms with Gasteiger partial charge in [0.1, 0.15) is 5.82 Å². The lowest BCUT2D eigenvalue weighted by Crippen LogP contribution is -2.36. The standard InChI is InChI=1S/C17H27FN2/c1-17(2,3)19-12-14-15(18)10-7-11-16(14)20(4)13-8-5-6-9-13/h7,10-11,13,19H,5-6,8-9,12H2,1-4H3. The van der Waals surface area contributed by atoms with Crippen LogP contribution in [0, 0.1) is 5.82 Å². The number of hydrogen-bond acceptors (Lipinski definition) is 2. The number of rotatable bonds is 4. The number of benzene rings is 1. The SMILES string of the molecule is CN(c1cccc(F)c1CNC(C)(C)C)C1CCCC1. The molecule has 1 saturated carbocycles. The highest BCUT2D eigenvalue weighted by Crippen LogP contribution is 2.30. The van der Waals surface area contributed by atoms with E-state index in [1.807, 2.05) is 12.1 Å². The number of halogens is 1. The molecule has 1 aliphatic rings. The first-order valence-corrected chi connectivity index (χ1v) is 7.64. The van der Waals surface area contributed by atoms with Crippen LogP contribution in [-0.2, 0) is 6.54 Å². The summed E-state index contributed by atoms with van der Waals surface area (Å²) in [7, 11) is 2.10. The lowest BCUT2D eigenvalue weighted by atomic mass is 10.1. The van der Waals surface area contributed by atoms with Crippen LogP contribution in [0.25, 0.3) is 0 Å². The van der Waals surface area contributed by atoms with E-state index in [0.717, 1.165) is 11.3 Å². The Kier molecular flexibility index (Phi) is 4.69. The molecule has 0 aromatic heterocycles. The lowest BCUT2D eigenvalue weighted by Gasteiger charge is -2.30. The summed E-state index contributed by atoms with van der Waals surface area (Å²) in [4.78, 5) is 2.27. The maximum atomic E-state index is 14.2. The van der Waals surface area contributed by atoms with Crippen molar-refractivity contribution in [2.45, 2.75) is 64.6 Å². The highest BCUT2D eigenvalue weighted by molar-refractivity contribution is 5.54. The first-order valence-electron chi connectivity index (χ1n) is 7.64. The third-order valence-electron chi connectivity index (χ3n) is 4.14. The predicted octanol–water partition coefficient (Wildman–Crippen LogP) is 4.09. The van der Waals surface area contributed by atoms with E-state index in [2.05, 4.69) is 38.0 Å². The van der Waals surface area contributed by atoms with E-state index in [1.54, 1.807) is 6.07 Å². The Morgan fingerprint density at radius 1 is 1.25 bits per heavy atom. The molecule has 0 saturated heterocycles. The summed E-state index contributed by atoms with van der Waals surface area (Å²) in [5.41, 5.74) is 1.82. The van der Waals surface area contributed by atoms with Gasteiger partial charge in [0.25, 0.3) is 0 Å². The van der Waals surface area contributed by atoms with Crippen LogP contribution in [-0.4, -0.2) is 18.6 Å². The van der Waals surface area contributed by atoms with Gasteiger partial charge in [-0.05, 0) is 45.7 Å². The van der Waals surface area contributed by atoms with Crippen molar-refractivity contribution in [2.24, 2.45) is 0 Å². The quantitative estimate of drug-likeness (QED) is 0.892. The molecule has 20 heavy (non-hydrogen) atoms. The molecule has 2 rings (SSSR count). The van der Waals surface area contributed by atoms with Crippen LogP contribution < -0.4 is 10.2 Å². The molecule has 3 heteroatoms. The van der Waals surface area contributed by atoms with Gasteiger partial charge in [-0.15, -0.1) is 0 Å². The molecule has 0 radical (unpaired) electrons. The van der Waals surface area contributed by atoms with E-state index >= 15 is 0 Å². The highest BCUT2D eigenvalue weighted by Gasteiger charge is 2.23. The summed E-state index contributed by atoms with van der Waals surface area (Å²) in [6, 6.07) is 5.98. The van der Waals surface area contributed by atoms with E-state index in [0.29, 0.717) is 12.6 Å². The molecule has 1 fully saturated rings. The molecule has 112 valence electrons. The molecule has 1 aromatic carbocycles. The molecule has 0 heterocycles. The van der Waals surface area contributed by atoms with Crippen LogP contribution >= 0.6 is 0 Å². The number of nitrogens with zero attached hydrogens (tertiary/aromatic N) is 1. The van der Waals surface area contributed by atoms with Gasteiger partial charge in [-0.1, -0.05) is 18.9 Å². The van der Waals surface area contributed by atoms with Gasteiger partial charge in [-0.3, -0.25) is 0 Å². The average Bonchev–Trinajstić information content (AvgIpc) is 2.89. The highest BCUT2D eigenvalue weighted by atomic mass is 19.1. The van der Waals surface area contributed by atoms with Crippen molar-refractivity contribution >= 4 is 5.69 Å². The summed E-state index contributed by atoms with van der Waals surface area (Å²) in [5, 5.41) is 3.40. The molecule has 2 nitrogen and oxygen atoms in total. The van der Waals surface area contributed by atoms with Crippen molar-refractivity contribution in [3.63, 3.8) is 0 Å². The van der Waals surface area contributed by atoms with Crippen LogP contribution in [0.15, 0.2) is 18.2 Å². The van der Waals surface area contributed by atoms with Gasteiger partial charge in [0, 0.05) is 36.4 Å².